The molecule has 1 fully saturated rings. The predicted octanol–water partition coefficient (Wildman–Crippen LogP) is 4.75. The fourth-order valence-corrected chi connectivity index (χ4v) is 6.72. The van der Waals surface area contributed by atoms with Crippen LogP contribution in [0.4, 0.5) is 5.69 Å². The average Bonchev–Trinajstić information content (AvgIpc) is 3.34. The van der Waals surface area contributed by atoms with Gasteiger partial charge in [0, 0.05) is 47.3 Å². The molecule has 0 radical (unpaired) electrons. The van der Waals surface area contributed by atoms with Gasteiger partial charge in [-0.05, 0) is 66.9 Å². The number of nitrogens with one attached hydrogen (secondary N) is 1. The van der Waals surface area contributed by atoms with E-state index in [-0.39, 0.29) is 17.0 Å². The van der Waals surface area contributed by atoms with Crippen molar-refractivity contribution in [2.24, 2.45) is 0 Å². The molecule has 176 valence electrons. The van der Waals surface area contributed by atoms with Gasteiger partial charge in [-0.3, -0.25) is 4.90 Å². The summed E-state index contributed by atoms with van der Waals surface area (Å²) >= 11 is 5.03. The fourth-order valence-electron chi connectivity index (χ4n) is 4.24. The molecule has 4 rings (SSSR count). The molecule has 6 nitrogen and oxygen atoms in total. The predicted molar refractivity (Wildman–Crippen MR) is 138 cm³/mol. The van der Waals surface area contributed by atoms with Gasteiger partial charge in [-0.2, -0.15) is 0 Å². The number of rotatable bonds is 8. The molecule has 3 aromatic rings. The lowest BCUT2D eigenvalue weighted by molar-refractivity contribution is 0.164. The Balaban J connectivity index is 1.48. The molecule has 9 heteroatoms. The second kappa shape index (κ2) is 10.6. The van der Waals surface area contributed by atoms with Crippen LogP contribution >= 0.6 is 27.3 Å². The zero-order valence-electron chi connectivity index (χ0n) is 18.6. The summed E-state index contributed by atoms with van der Waals surface area (Å²) in [6, 6.07) is 18.7. The van der Waals surface area contributed by atoms with Crippen LogP contribution in [-0.2, 0) is 10.0 Å². The van der Waals surface area contributed by atoms with Crippen LogP contribution in [0.3, 0.4) is 0 Å². The largest absolute Gasteiger partial charge is 0.497 e. The van der Waals surface area contributed by atoms with Gasteiger partial charge in [-0.25, -0.2) is 13.1 Å². The summed E-state index contributed by atoms with van der Waals surface area (Å²) in [5.74, 6) is 0.849. The average molecular weight is 551 g/mol. The van der Waals surface area contributed by atoms with Crippen LogP contribution < -0.4 is 14.4 Å². The highest BCUT2D eigenvalue weighted by Crippen LogP contribution is 2.31. The van der Waals surface area contributed by atoms with Crippen molar-refractivity contribution in [2.45, 2.75) is 23.9 Å². The van der Waals surface area contributed by atoms with Gasteiger partial charge in [0.05, 0.1) is 18.0 Å². The molecular weight excluding hydrogens is 522 g/mol. The Bertz CT molecular complexity index is 1130. The molecule has 0 bridgehead atoms. The number of hydrogen-bond donors (Lipinski definition) is 1. The zero-order chi connectivity index (χ0) is 23.4. The van der Waals surface area contributed by atoms with Gasteiger partial charge in [0.2, 0.25) is 10.0 Å². The number of halogens is 1. The fraction of sp³-hybridized carbons (Fsp3) is 0.333. The van der Waals surface area contributed by atoms with Gasteiger partial charge in [-0.1, -0.05) is 22.0 Å². The lowest BCUT2D eigenvalue weighted by Gasteiger charge is -2.42. The SMILES string of the molecule is COc1ccc(N2CCN(C(c3cccs3)C(C)NS(=O)(=O)c3ccc(Br)cc3)CC2)cc1. The van der Waals surface area contributed by atoms with E-state index in [1.807, 2.05) is 30.5 Å². The molecule has 1 aromatic heterocycles. The van der Waals surface area contributed by atoms with Crippen LogP contribution in [0.2, 0.25) is 0 Å². The third-order valence-corrected chi connectivity index (χ3v) is 8.96. The van der Waals surface area contributed by atoms with Gasteiger partial charge in [0.1, 0.15) is 5.75 Å². The van der Waals surface area contributed by atoms with Crippen molar-refractivity contribution in [1.82, 2.24) is 9.62 Å². The quantitative estimate of drug-likeness (QED) is 0.439. The highest BCUT2D eigenvalue weighted by Gasteiger charge is 2.32. The van der Waals surface area contributed by atoms with Crippen LogP contribution in [0.1, 0.15) is 17.8 Å². The number of hydrogen-bond acceptors (Lipinski definition) is 6. The minimum Gasteiger partial charge on any atom is -0.497 e. The molecule has 0 spiro atoms. The first-order chi connectivity index (χ1) is 15.9. The maximum atomic E-state index is 13.0. The summed E-state index contributed by atoms with van der Waals surface area (Å²) in [5, 5.41) is 2.05. The maximum Gasteiger partial charge on any atom is 0.240 e. The zero-order valence-corrected chi connectivity index (χ0v) is 21.9. The number of benzene rings is 2. The summed E-state index contributed by atoms with van der Waals surface area (Å²) in [6.45, 7) is 5.40. The second-order valence-corrected chi connectivity index (χ2v) is 11.7. The van der Waals surface area contributed by atoms with Crippen molar-refractivity contribution in [3.8, 4) is 5.75 Å². The minimum absolute atomic E-state index is 0.0340. The molecule has 0 amide bonds. The molecule has 1 aliphatic rings. The monoisotopic (exact) mass is 549 g/mol. The topological polar surface area (TPSA) is 61.9 Å². The molecule has 1 aliphatic heterocycles. The van der Waals surface area contributed by atoms with Gasteiger partial charge >= 0.3 is 0 Å². The number of thiophene rings is 1. The Morgan fingerprint density at radius 1 is 1.00 bits per heavy atom. The highest BCUT2D eigenvalue weighted by atomic mass is 79.9. The van der Waals surface area contributed by atoms with Crippen LogP contribution in [-0.4, -0.2) is 52.6 Å². The molecule has 2 unspecified atom stereocenters. The molecule has 2 atom stereocenters. The molecule has 1 saturated heterocycles. The third kappa shape index (κ3) is 5.78. The molecule has 2 heterocycles. The summed E-state index contributed by atoms with van der Waals surface area (Å²) in [5.41, 5.74) is 1.17. The van der Waals surface area contributed by atoms with E-state index >= 15 is 0 Å². The van der Waals surface area contributed by atoms with E-state index in [0.29, 0.717) is 0 Å². The van der Waals surface area contributed by atoms with Gasteiger partial charge < -0.3 is 9.64 Å². The van der Waals surface area contributed by atoms with Crippen molar-refractivity contribution < 1.29 is 13.2 Å². The van der Waals surface area contributed by atoms with E-state index in [1.54, 1.807) is 42.7 Å². The van der Waals surface area contributed by atoms with Gasteiger partial charge in [-0.15, -0.1) is 11.3 Å². The summed E-state index contributed by atoms with van der Waals surface area (Å²) in [6.07, 6.45) is 0. The number of sulfonamides is 1. The number of nitrogens with zero attached hydrogens (tertiary/aromatic N) is 2. The Hall–Kier alpha value is -1.91. The normalized spacial score (nSPS) is 17.0. The Morgan fingerprint density at radius 3 is 2.24 bits per heavy atom. The first-order valence-electron chi connectivity index (χ1n) is 10.8. The van der Waals surface area contributed by atoms with E-state index in [1.165, 1.54) is 10.6 Å². The lowest BCUT2D eigenvalue weighted by atomic mass is 10.1. The van der Waals surface area contributed by atoms with Crippen molar-refractivity contribution in [3.05, 3.63) is 75.4 Å². The Labute approximate surface area is 208 Å². The maximum absolute atomic E-state index is 13.0. The van der Waals surface area contributed by atoms with E-state index < -0.39 is 10.0 Å². The number of methoxy groups -OCH3 is 1. The lowest BCUT2D eigenvalue weighted by Crippen LogP contribution is -2.52. The third-order valence-electron chi connectivity index (χ3n) is 5.92. The van der Waals surface area contributed by atoms with Crippen molar-refractivity contribution in [1.29, 1.82) is 0 Å². The van der Waals surface area contributed by atoms with Crippen molar-refractivity contribution in [3.63, 3.8) is 0 Å². The van der Waals surface area contributed by atoms with Crippen molar-refractivity contribution in [2.75, 3.05) is 38.2 Å². The number of anilines is 1. The van der Waals surface area contributed by atoms with Crippen molar-refractivity contribution >= 4 is 43.0 Å². The van der Waals surface area contributed by atoms with E-state index in [9.17, 15) is 8.42 Å². The van der Waals surface area contributed by atoms with E-state index in [4.69, 9.17) is 4.74 Å². The Kier molecular flexibility index (Phi) is 7.76. The molecule has 1 N–H and O–H groups in total. The van der Waals surface area contributed by atoms with Crippen LogP contribution in [0.25, 0.3) is 0 Å². The second-order valence-electron chi connectivity index (χ2n) is 8.05. The van der Waals surface area contributed by atoms with Crippen LogP contribution in [0.15, 0.2) is 75.4 Å². The first-order valence-corrected chi connectivity index (χ1v) is 14.0. The number of piperazine rings is 1. The van der Waals surface area contributed by atoms with Crippen LogP contribution in [0.5, 0.6) is 5.75 Å². The molecular formula is C24H28BrN3O3S2. The van der Waals surface area contributed by atoms with Gasteiger partial charge in [0.15, 0.2) is 0 Å². The standard InChI is InChI=1S/C24H28BrN3O3S2/c1-18(26-33(29,30)22-11-5-19(25)6-12-22)24(23-4-3-17-32-23)28-15-13-27(14-16-28)20-7-9-21(31-2)10-8-20/h3-12,17-18,24,26H,13-16H2,1-2H3. The summed E-state index contributed by atoms with van der Waals surface area (Å²) in [7, 11) is -1.96. The minimum atomic E-state index is -3.63. The van der Waals surface area contributed by atoms with Crippen LogP contribution in [0, 0.1) is 0 Å². The molecule has 0 aliphatic carbocycles. The molecule has 33 heavy (non-hydrogen) atoms. The highest BCUT2D eigenvalue weighted by molar-refractivity contribution is 9.10. The molecule has 2 aromatic carbocycles. The summed E-state index contributed by atoms with van der Waals surface area (Å²) in [4.78, 5) is 6.18. The van der Waals surface area contributed by atoms with E-state index in [0.717, 1.165) is 36.4 Å². The first kappa shape index (κ1) is 24.2. The Morgan fingerprint density at radius 2 is 1.67 bits per heavy atom. The van der Waals surface area contributed by atoms with E-state index in [2.05, 4.69) is 48.7 Å². The smallest absolute Gasteiger partial charge is 0.240 e. The summed E-state index contributed by atoms with van der Waals surface area (Å²) < 4.78 is 35.1. The van der Waals surface area contributed by atoms with Gasteiger partial charge in [0.25, 0.3) is 0 Å². The number of ether oxygens (including phenoxy) is 1. The molecule has 0 saturated carbocycles.